The van der Waals surface area contributed by atoms with Crippen molar-refractivity contribution in [1.29, 1.82) is 0 Å². The Labute approximate surface area is 111 Å². The molecular formula is C15H26N2O. The Kier molecular flexibility index (Phi) is 6.58. The number of ether oxygens (including phenoxy) is 1. The predicted molar refractivity (Wildman–Crippen MR) is 78.5 cm³/mol. The zero-order valence-electron chi connectivity index (χ0n) is 12.0. The number of benzene rings is 1. The standard InChI is InChI=1S/C15H26N2O/c1-5-13(4)16-9-10-17-14-7-6-8-15(11-14)18-12(2)3/h6-8,11-13,16-17H,5,9-10H2,1-4H3. The van der Waals surface area contributed by atoms with Gasteiger partial charge in [-0.25, -0.2) is 0 Å². The molecule has 0 saturated heterocycles. The Morgan fingerprint density at radius 3 is 2.61 bits per heavy atom. The molecule has 0 fully saturated rings. The summed E-state index contributed by atoms with van der Waals surface area (Å²) in [5, 5.41) is 6.85. The zero-order chi connectivity index (χ0) is 13.4. The lowest BCUT2D eigenvalue weighted by atomic mass is 10.2. The Morgan fingerprint density at radius 2 is 1.94 bits per heavy atom. The van der Waals surface area contributed by atoms with Gasteiger partial charge in [-0.05, 0) is 39.3 Å². The number of hydrogen-bond donors (Lipinski definition) is 2. The van der Waals surface area contributed by atoms with Crippen LogP contribution in [0.3, 0.4) is 0 Å². The number of hydrogen-bond acceptors (Lipinski definition) is 3. The van der Waals surface area contributed by atoms with Crippen molar-refractivity contribution in [2.75, 3.05) is 18.4 Å². The van der Waals surface area contributed by atoms with Crippen molar-refractivity contribution >= 4 is 5.69 Å². The molecule has 1 atom stereocenters. The lowest BCUT2D eigenvalue weighted by Crippen LogP contribution is -2.30. The van der Waals surface area contributed by atoms with Crippen molar-refractivity contribution in [3.05, 3.63) is 24.3 Å². The van der Waals surface area contributed by atoms with Crippen LogP contribution in [-0.4, -0.2) is 25.2 Å². The minimum absolute atomic E-state index is 0.215. The molecule has 0 radical (unpaired) electrons. The average Bonchev–Trinajstić information content (AvgIpc) is 2.34. The van der Waals surface area contributed by atoms with E-state index in [1.54, 1.807) is 0 Å². The lowest BCUT2D eigenvalue weighted by molar-refractivity contribution is 0.242. The molecule has 102 valence electrons. The minimum atomic E-state index is 0.215. The summed E-state index contributed by atoms with van der Waals surface area (Å²) in [4.78, 5) is 0. The van der Waals surface area contributed by atoms with E-state index in [0.717, 1.165) is 30.9 Å². The third kappa shape index (κ3) is 5.92. The Hall–Kier alpha value is -1.22. The van der Waals surface area contributed by atoms with Crippen molar-refractivity contribution in [3.8, 4) is 5.75 Å². The van der Waals surface area contributed by atoms with Gasteiger partial charge >= 0.3 is 0 Å². The molecule has 3 nitrogen and oxygen atoms in total. The van der Waals surface area contributed by atoms with Gasteiger partial charge in [-0.15, -0.1) is 0 Å². The molecule has 0 amide bonds. The second kappa shape index (κ2) is 7.98. The number of nitrogens with one attached hydrogen (secondary N) is 2. The number of anilines is 1. The molecule has 0 aliphatic rings. The van der Waals surface area contributed by atoms with E-state index in [1.807, 2.05) is 32.0 Å². The molecule has 0 bridgehead atoms. The Morgan fingerprint density at radius 1 is 1.17 bits per heavy atom. The molecule has 0 saturated carbocycles. The van der Waals surface area contributed by atoms with Crippen molar-refractivity contribution in [1.82, 2.24) is 5.32 Å². The maximum absolute atomic E-state index is 5.66. The highest BCUT2D eigenvalue weighted by Gasteiger charge is 1.99. The van der Waals surface area contributed by atoms with E-state index in [1.165, 1.54) is 0 Å². The zero-order valence-corrected chi connectivity index (χ0v) is 12.0. The van der Waals surface area contributed by atoms with Crippen molar-refractivity contribution < 1.29 is 4.74 Å². The van der Waals surface area contributed by atoms with Gasteiger partial charge in [-0.2, -0.15) is 0 Å². The second-order valence-corrected chi connectivity index (χ2v) is 4.88. The first-order valence-corrected chi connectivity index (χ1v) is 6.85. The molecule has 1 rings (SSSR count). The van der Waals surface area contributed by atoms with Gasteiger partial charge < -0.3 is 15.4 Å². The first-order valence-electron chi connectivity index (χ1n) is 6.85. The average molecular weight is 250 g/mol. The topological polar surface area (TPSA) is 33.3 Å². The molecule has 0 spiro atoms. The van der Waals surface area contributed by atoms with Crippen LogP contribution >= 0.6 is 0 Å². The fraction of sp³-hybridized carbons (Fsp3) is 0.600. The predicted octanol–water partition coefficient (Wildman–Crippen LogP) is 3.27. The van der Waals surface area contributed by atoms with Gasteiger partial charge in [0.15, 0.2) is 0 Å². The monoisotopic (exact) mass is 250 g/mol. The molecule has 0 aliphatic heterocycles. The van der Waals surface area contributed by atoms with E-state index in [0.29, 0.717) is 6.04 Å². The summed E-state index contributed by atoms with van der Waals surface area (Å²) in [5.74, 6) is 0.921. The molecule has 1 aromatic rings. The van der Waals surface area contributed by atoms with Crippen LogP contribution in [0, 0.1) is 0 Å². The molecule has 2 N–H and O–H groups in total. The smallest absolute Gasteiger partial charge is 0.121 e. The minimum Gasteiger partial charge on any atom is -0.491 e. The maximum atomic E-state index is 5.66. The molecule has 0 aliphatic carbocycles. The van der Waals surface area contributed by atoms with E-state index >= 15 is 0 Å². The molecule has 18 heavy (non-hydrogen) atoms. The Balaban J connectivity index is 2.33. The molecule has 0 heterocycles. The summed E-state index contributed by atoms with van der Waals surface area (Å²) in [6.07, 6.45) is 1.38. The van der Waals surface area contributed by atoms with Crippen molar-refractivity contribution in [2.24, 2.45) is 0 Å². The van der Waals surface area contributed by atoms with E-state index < -0.39 is 0 Å². The first-order chi connectivity index (χ1) is 8.61. The van der Waals surface area contributed by atoms with Crippen LogP contribution in [0.1, 0.15) is 34.1 Å². The third-order valence-electron chi connectivity index (χ3n) is 2.77. The molecule has 3 heteroatoms. The van der Waals surface area contributed by atoms with E-state index in [-0.39, 0.29) is 6.10 Å². The quantitative estimate of drug-likeness (QED) is 0.695. The molecule has 1 aromatic carbocycles. The van der Waals surface area contributed by atoms with Gasteiger partial charge in [-0.1, -0.05) is 13.0 Å². The fourth-order valence-electron chi connectivity index (χ4n) is 1.62. The van der Waals surface area contributed by atoms with E-state index in [4.69, 9.17) is 4.74 Å². The summed E-state index contributed by atoms with van der Waals surface area (Å²) in [6.45, 7) is 10.4. The van der Waals surface area contributed by atoms with Crippen LogP contribution in [-0.2, 0) is 0 Å². The fourth-order valence-corrected chi connectivity index (χ4v) is 1.62. The highest BCUT2D eigenvalue weighted by atomic mass is 16.5. The van der Waals surface area contributed by atoms with Gasteiger partial charge in [0.25, 0.3) is 0 Å². The lowest BCUT2D eigenvalue weighted by Gasteiger charge is -2.14. The largest absolute Gasteiger partial charge is 0.491 e. The molecule has 0 aromatic heterocycles. The molecular weight excluding hydrogens is 224 g/mol. The highest BCUT2D eigenvalue weighted by Crippen LogP contribution is 2.18. The van der Waals surface area contributed by atoms with Crippen LogP contribution in [0.4, 0.5) is 5.69 Å². The summed E-state index contributed by atoms with van der Waals surface area (Å²) in [6, 6.07) is 8.70. The van der Waals surface area contributed by atoms with Crippen molar-refractivity contribution in [3.63, 3.8) is 0 Å². The van der Waals surface area contributed by atoms with Crippen LogP contribution in [0.5, 0.6) is 5.75 Å². The normalized spacial score (nSPS) is 12.5. The second-order valence-electron chi connectivity index (χ2n) is 4.88. The van der Waals surface area contributed by atoms with Gasteiger partial charge in [0.05, 0.1) is 6.10 Å². The SMILES string of the molecule is CCC(C)NCCNc1cccc(OC(C)C)c1. The summed E-state index contributed by atoms with van der Waals surface area (Å²) >= 11 is 0. The van der Waals surface area contributed by atoms with E-state index in [9.17, 15) is 0 Å². The summed E-state index contributed by atoms with van der Waals surface area (Å²) in [7, 11) is 0. The third-order valence-corrected chi connectivity index (χ3v) is 2.77. The van der Waals surface area contributed by atoms with Crippen LogP contribution in [0.25, 0.3) is 0 Å². The van der Waals surface area contributed by atoms with Gasteiger partial charge in [-0.3, -0.25) is 0 Å². The first kappa shape index (κ1) is 14.8. The number of rotatable bonds is 8. The van der Waals surface area contributed by atoms with Gasteiger partial charge in [0, 0.05) is 30.9 Å². The Bertz CT molecular complexity index is 339. The van der Waals surface area contributed by atoms with Crippen LogP contribution < -0.4 is 15.4 Å². The van der Waals surface area contributed by atoms with Crippen molar-refractivity contribution in [2.45, 2.75) is 46.3 Å². The molecule has 1 unspecified atom stereocenters. The van der Waals surface area contributed by atoms with E-state index in [2.05, 4.69) is 30.5 Å². The van der Waals surface area contributed by atoms with Crippen LogP contribution in [0.15, 0.2) is 24.3 Å². The van der Waals surface area contributed by atoms with Gasteiger partial charge in [0.1, 0.15) is 5.75 Å². The maximum Gasteiger partial charge on any atom is 0.121 e. The summed E-state index contributed by atoms with van der Waals surface area (Å²) < 4.78 is 5.66. The van der Waals surface area contributed by atoms with Gasteiger partial charge in [0.2, 0.25) is 0 Å². The van der Waals surface area contributed by atoms with Crippen LogP contribution in [0.2, 0.25) is 0 Å². The highest BCUT2D eigenvalue weighted by molar-refractivity contribution is 5.48. The summed E-state index contributed by atoms with van der Waals surface area (Å²) in [5.41, 5.74) is 1.11.